The number of anilines is 3. The molecule has 0 fully saturated rings. The topological polar surface area (TPSA) is 130 Å². The van der Waals surface area contributed by atoms with Crippen LogP contribution in [-0.4, -0.2) is 16.6 Å². The van der Waals surface area contributed by atoms with E-state index in [4.69, 9.17) is 20.1 Å². The lowest BCUT2D eigenvalue weighted by atomic mass is 10.2. The molecule has 0 bridgehead atoms. The second-order valence-electron chi connectivity index (χ2n) is 4.67. The first-order valence-corrected chi connectivity index (χ1v) is 6.84. The van der Waals surface area contributed by atoms with Gasteiger partial charge >= 0.3 is 5.76 Å². The number of hydrogen-bond donors (Lipinski definition) is 3. The van der Waals surface area contributed by atoms with E-state index in [0.29, 0.717) is 29.2 Å². The predicted molar refractivity (Wildman–Crippen MR) is 84.7 cm³/mol. The predicted octanol–water partition coefficient (Wildman–Crippen LogP) is 2.11. The molecule has 2 heterocycles. The Kier molecular flexibility index (Phi) is 3.60. The fourth-order valence-electron chi connectivity index (χ4n) is 2.14. The molecule has 0 aliphatic heterocycles. The van der Waals surface area contributed by atoms with Crippen LogP contribution in [-0.2, 0) is 0 Å². The van der Waals surface area contributed by atoms with Crippen LogP contribution in [0.25, 0.3) is 11.1 Å². The number of nitriles is 1. The summed E-state index contributed by atoms with van der Waals surface area (Å²) in [5.41, 5.74) is 8.03. The van der Waals surface area contributed by atoms with Crippen molar-refractivity contribution in [1.82, 2.24) is 9.97 Å². The van der Waals surface area contributed by atoms with E-state index in [1.807, 2.05) is 6.07 Å². The molecule has 0 saturated heterocycles. The fourth-order valence-corrected chi connectivity index (χ4v) is 2.14. The summed E-state index contributed by atoms with van der Waals surface area (Å²) < 4.78 is 10.3. The van der Waals surface area contributed by atoms with Crippen LogP contribution in [0.3, 0.4) is 0 Å². The van der Waals surface area contributed by atoms with Crippen LogP contribution in [0, 0.1) is 11.3 Å². The van der Waals surface area contributed by atoms with Crippen molar-refractivity contribution >= 4 is 28.3 Å². The number of nitrogen functional groups attached to an aromatic ring is 1. The van der Waals surface area contributed by atoms with E-state index in [1.54, 1.807) is 31.2 Å². The summed E-state index contributed by atoms with van der Waals surface area (Å²) in [5.74, 6) is 0.0852. The summed E-state index contributed by atoms with van der Waals surface area (Å²) in [5, 5.41) is 12.2. The normalized spacial score (nSPS) is 10.4. The van der Waals surface area contributed by atoms with Crippen LogP contribution in [0.1, 0.15) is 12.5 Å². The number of pyridine rings is 1. The monoisotopic (exact) mass is 311 g/mol. The Hall–Kier alpha value is -3.47. The molecule has 0 unspecified atom stereocenters. The highest BCUT2D eigenvalue weighted by molar-refractivity contribution is 5.78. The molecule has 0 spiro atoms. The van der Waals surface area contributed by atoms with Crippen LogP contribution >= 0.6 is 0 Å². The molecule has 0 atom stereocenters. The number of rotatable bonds is 4. The number of nitrogens with two attached hydrogens (primary N) is 1. The molecule has 0 aliphatic rings. The standard InChI is InChI=1S/C15H13N5O3/c1-2-22-14-9(7-16)10(17)6-13(20-14)18-8-3-4-12-11(5-8)19-15(21)23-12/h3-6H,2H2,1H3,(H,19,21)(H3,17,18,20). The van der Waals surface area contributed by atoms with Crippen molar-refractivity contribution < 1.29 is 9.15 Å². The number of aromatic nitrogens is 2. The minimum absolute atomic E-state index is 0.176. The van der Waals surface area contributed by atoms with E-state index in [2.05, 4.69) is 15.3 Å². The molecule has 2 aromatic heterocycles. The van der Waals surface area contributed by atoms with Crippen molar-refractivity contribution in [3.05, 3.63) is 40.4 Å². The highest BCUT2D eigenvalue weighted by Gasteiger charge is 2.12. The van der Waals surface area contributed by atoms with Crippen molar-refractivity contribution in [2.24, 2.45) is 0 Å². The van der Waals surface area contributed by atoms with Crippen LogP contribution < -0.4 is 21.5 Å². The second kappa shape index (κ2) is 5.73. The summed E-state index contributed by atoms with van der Waals surface area (Å²) >= 11 is 0. The third-order valence-corrected chi connectivity index (χ3v) is 3.10. The Labute approximate surface area is 130 Å². The lowest BCUT2D eigenvalue weighted by molar-refractivity contribution is 0.326. The molecular weight excluding hydrogens is 298 g/mol. The molecule has 3 aromatic rings. The number of benzene rings is 1. The molecule has 4 N–H and O–H groups in total. The molecular formula is C15H13N5O3. The summed E-state index contributed by atoms with van der Waals surface area (Å²) in [6.07, 6.45) is 0. The first kappa shape index (κ1) is 14.5. The summed E-state index contributed by atoms with van der Waals surface area (Å²) in [4.78, 5) is 18.0. The Balaban J connectivity index is 1.97. The van der Waals surface area contributed by atoms with E-state index in [9.17, 15) is 4.79 Å². The zero-order chi connectivity index (χ0) is 16.4. The van der Waals surface area contributed by atoms with Gasteiger partial charge in [-0.1, -0.05) is 0 Å². The smallest absolute Gasteiger partial charge is 0.417 e. The van der Waals surface area contributed by atoms with Gasteiger partial charge in [0.25, 0.3) is 0 Å². The Morgan fingerprint density at radius 1 is 1.48 bits per heavy atom. The van der Waals surface area contributed by atoms with Gasteiger partial charge in [-0.15, -0.1) is 0 Å². The van der Waals surface area contributed by atoms with Gasteiger partial charge in [-0.2, -0.15) is 10.2 Å². The van der Waals surface area contributed by atoms with Gasteiger partial charge < -0.3 is 20.2 Å². The Morgan fingerprint density at radius 2 is 2.30 bits per heavy atom. The van der Waals surface area contributed by atoms with Crippen molar-refractivity contribution in [2.45, 2.75) is 6.92 Å². The zero-order valence-corrected chi connectivity index (χ0v) is 12.2. The maximum Gasteiger partial charge on any atom is 0.417 e. The lowest BCUT2D eigenvalue weighted by Crippen LogP contribution is -2.04. The third kappa shape index (κ3) is 2.80. The number of nitrogens with zero attached hydrogens (tertiary/aromatic N) is 2. The average molecular weight is 311 g/mol. The number of H-pyrrole nitrogens is 1. The van der Waals surface area contributed by atoms with E-state index < -0.39 is 5.76 Å². The van der Waals surface area contributed by atoms with Crippen molar-refractivity contribution in [1.29, 1.82) is 5.26 Å². The van der Waals surface area contributed by atoms with Crippen LogP contribution in [0.15, 0.2) is 33.5 Å². The first-order valence-electron chi connectivity index (χ1n) is 6.84. The molecule has 1 aromatic carbocycles. The minimum Gasteiger partial charge on any atom is -0.477 e. The molecule has 0 amide bonds. The van der Waals surface area contributed by atoms with Crippen molar-refractivity contribution in [2.75, 3.05) is 17.7 Å². The van der Waals surface area contributed by atoms with Gasteiger partial charge in [0.2, 0.25) is 5.88 Å². The maximum absolute atomic E-state index is 11.2. The number of fused-ring (bicyclic) bond motifs is 1. The number of nitrogens with one attached hydrogen (secondary N) is 2. The van der Waals surface area contributed by atoms with Crippen molar-refractivity contribution in [3.63, 3.8) is 0 Å². The van der Waals surface area contributed by atoms with E-state index in [0.717, 1.165) is 0 Å². The highest BCUT2D eigenvalue weighted by atomic mass is 16.5. The van der Waals surface area contributed by atoms with Gasteiger partial charge in [0, 0.05) is 11.8 Å². The van der Waals surface area contributed by atoms with Crippen LogP contribution in [0.4, 0.5) is 17.2 Å². The summed E-state index contributed by atoms with van der Waals surface area (Å²) in [6.45, 7) is 2.16. The lowest BCUT2D eigenvalue weighted by Gasteiger charge is -2.11. The van der Waals surface area contributed by atoms with Gasteiger partial charge in [0.1, 0.15) is 17.5 Å². The van der Waals surface area contributed by atoms with E-state index >= 15 is 0 Å². The van der Waals surface area contributed by atoms with E-state index in [1.165, 1.54) is 0 Å². The average Bonchev–Trinajstić information content (AvgIpc) is 2.87. The molecule has 116 valence electrons. The number of aromatic amines is 1. The quantitative estimate of drug-likeness (QED) is 0.672. The first-order chi connectivity index (χ1) is 11.1. The summed E-state index contributed by atoms with van der Waals surface area (Å²) in [7, 11) is 0. The fraction of sp³-hybridized carbons (Fsp3) is 0.133. The number of ether oxygens (including phenoxy) is 1. The molecule has 0 aliphatic carbocycles. The molecule has 0 radical (unpaired) electrons. The SMILES string of the molecule is CCOc1nc(Nc2ccc3oc(=O)[nH]c3c2)cc(N)c1C#N. The van der Waals surface area contributed by atoms with Gasteiger partial charge in [-0.25, -0.2) is 4.79 Å². The van der Waals surface area contributed by atoms with E-state index in [-0.39, 0.29) is 17.1 Å². The molecule has 8 nitrogen and oxygen atoms in total. The number of oxazole rings is 1. The summed E-state index contributed by atoms with van der Waals surface area (Å²) in [6, 6.07) is 8.61. The van der Waals surface area contributed by atoms with Crippen LogP contribution in [0.2, 0.25) is 0 Å². The minimum atomic E-state index is -0.517. The van der Waals surface area contributed by atoms with Gasteiger partial charge in [0.05, 0.1) is 17.8 Å². The second-order valence-corrected chi connectivity index (χ2v) is 4.67. The molecule has 3 rings (SSSR count). The van der Waals surface area contributed by atoms with Gasteiger partial charge in [0.15, 0.2) is 5.58 Å². The zero-order valence-electron chi connectivity index (χ0n) is 12.2. The highest BCUT2D eigenvalue weighted by Crippen LogP contribution is 2.27. The Morgan fingerprint density at radius 3 is 3.04 bits per heavy atom. The third-order valence-electron chi connectivity index (χ3n) is 3.10. The van der Waals surface area contributed by atoms with Crippen molar-refractivity contribution in [3.8, 4) is 11.9 Å². The number of hydrogen-bond acceptors (Lipinski definition) is 7. The largest absolute Gasteiger partial charge is 0.477 e. The maximum atomic E-state index is 11.2. The molecule has 8 heteroatoms. The van der Waals surface area contributed by atoms with Crippen LogP contribution in [0.5, 0.6) is 5.88 Å². The molecule has 23 heavy (non-hydrogen) atoms. The van der Waals surface area contributed by atoms with Gasteiger partial charge in [-0.05, 0) is 25.1 Å². The van der Waals surface area contributed by atoms with Gasteiger partial charge in [-0.3, -0.25) is 4.98 Å². The molecule has 0 saturated carbocycles. The Bertz CT molecular complexity index is 967.